The summed E-state index contributed by atoms with van der Waals surface area (Å²) < 4.78 is 15.4. The molecule has 0 spiro atoms. The van der Waals surface area contributed by atoms with Gasteiger partial charge < -0.3 is 0 Å². The standard InChI is InChI=1S/C14H17FN2/c1-9(2)12-8-17(16-11(12)4)14-6-5-10(3)7-13(14)15/h5-9H,1-4H3. The van der Waals surface area contributed by atoms with Crippen molar-refractivity contribution in [3.05, 3.63) is 47.0 Å². The third-order valence-corrected chi connectivity index (χ3v) is 2.91. The molecule has 2 aromatic rings. The number of nitrogens with zero attached hydrogens (tertiary/aromatic N) is 2. The molecule has 0 bridgehead atoms. The molecule has 3 heteroatoms. The van der Waals surface area contributed by atoms with Crippen LogP contribution in [0.25, 0.3) is 5.69 Å². The first-order valence-electron chi connectivity index (χ1n) is 5.81. The molecule has 0 aliphatic carbocycles. The summed E-state index contributed by atoms with van der Waals surface area (Å²) in [7, 11) is 0. The molecule has 17 heavy (non-hydrogen) atoms. The summed E-state index contributed by atoms with van der Waals surface area (Å²) in [5.41, 5.74) is 3.54. The Kier molecular flexibility index (Phi) is 3.01. The van der Waals surface area contributed by atoms with Gasteiger partial charge in [-0.2, -0.15) is 5.10 Å². The van der Waals surface area contributed by atoms with Gasteiger partial charge in [0.15, 0.2) is 0 Å². The zero-order chi connectivity index (χ0) is 12.6. The fraction of sp³-hybridized carbons (Fsp3) is 0.357. The Morgan fingerprint density at radius 3 is 2.47 bits per heavy atom. The average Bonchev–Trinajstić information content (AvgIpc) is 2.60. The number of hydrogen-bond donors (Lipinski definition) is 0. The molecule has 0 fully saturated rings. The molecular weight excluding hydrogens is 215 g/mol. The summed E-state index contributed by atoms with van der Waals surface area (Å²) in [6, 6.07) is 5.19. The van der Waals surface area contributed by atoms with E-state index in [1.807, 2.05) is 26.1 Å². The highest BCUT2D eigenvalue weighted by molar-refractivity contribution is 5.37. The molecule has 1 aromatic carbocycles. The van der Waals surface area contributed by atoms with Crippen molar-refractivity contribution in [2.24, 2.45) is 0 Å². The van der Waals surface area contributed by atoms with E-state index in [4.69, 9.17) is 0 Å². The summed E-state index contributed by atoms with van der Waals surface area (Å²) in [5.74, 6) is 0.167. The van der Waals surface area contributed by atoms with Crippen LogP contribution in [0.3, 0.4) is 0 Å². The van der Waals surface area contributed by atoms with Gasteiger partial charge in [0.2, 0.25) is 0 Å². The van der Waals surface area contributed by atoms with Gasteiger partial charge in [0.1, 0.15) is 11.5 Å². The molecule has 0 unspecified atom stereocenters. The number of hydrogen-bond acceptors (Lipinski definition) is 1. The molecule has 0 aliphatic heterocycles. The molecule has 0 aliphatic rings. The highest BCUT2D eigenvalue weighted by Gasteiger charge is 2.11. The monoisotopic (exact) mass is 232 g/mol. The van der Waals surface area contributed by atoms with Crippen LogP contribution in [0.1, 0.15) is 36.6 Å². The van der Waals surface area contributed by atoms with Gasteiger partial charge in [-0.05, 0) is 43.0 Å². The Bertz CT molecular complexity index is 541. The minimum absolute atomic E-state index is 0.234. The van der Waals surface area contributed by atoms with Gasteiger partial charge in [-0.3, -0.25) is 0 Å². The molecule has 0 radical (unpaired) electrons. The summed E-state index contributed by atoms with van der Waals surface area (Å²) in [6.07, 6.45) is 1.91. The molecule has 0 saturated carbocycles. The number of halogens is 1. The van der Waals surface area contributed by atoms with E-state index in [0.29, 0.717) is 11.6 Å². The van der Waals surface area contributed by atoms with Gasteiger partial charge in [0.25, 0.3) is 0 Å². The van der Waals surface area contributed by atoms with Crippen molar-refractivity contribution in [1.29, 1.82) is 0 Å². The molecule has 0 saturated heterocycles. The highest BCUT2D eigenvalue weighted by atomic mass is 19.1. The van der Waals surface area contributed by atoms with Crippen LogP contribution >= 0.6 is 0 Å². The van der Waals surface area contributed by atoms with Crippen molar-refractivity contribution in [3.63, 3.8) is 0 Å². The topological polar surface area (TPSA) is 17.8 Å². The second-order valence-electron chi connectivity index (χ2n) is 4.72. The van der Waals surface area contributed by atoms with Crippen LogP contribution in [0.4, 0.5) is 4.39 Å². The number of aryl methyl sites for hydroxylation is 2. The van der Waals surface area contributed by atoms with Gasteiger partial charge in [0, 0.05) is 6.20 Å². The number of aromatic nitrogens is 2. The lowest BCUT2D eigenvalue weighted by molar-refractivity contribution is 0.609. The second-order valence-corrected chi connectivity index (χ2v) is 4.72. The third-order valence-electron chi connectivity index (χ3n) is 2.91. The molecule has 0 N–H and O–H groups in total. The largest absolute Gasteiger partial charge is 0.237 e. The maximum Gasteiger partial charge on any atom is 0.149 e. The smallest absolute Gasteiger partial charge is 0.149 e. The van der Waals surface area contributed by atoms with Gasteiger partial charge >= 0.3 is 0 Å². The first-order chi connectivity index (χ1) is 7.99. The molecular formula is C14H17FN2. The van der Waals surface area contributed by atoms with E-state index in [2.05, 4.69) is 18.9 Å². The van der Waals surface area contributed by atoms with E-state index >= 15 is 0 Å². The van der Waals surface area contributed by atoms with Crippen LogP contribution in [0, 0.1) is 19.7 Å². The van der Waals surface area contributed by atoms with E-state index < -0.39 is 0 Å². The Morgan fingerprint density at radius 1 is 1.24 bits per heavy atom. The Hall–Kier alpha value is -1.64. The van der Waals surface area contributed by atoms with Gasteiger partial charge in [-0.25, -0.2) is 9.07 Å². The average molecular weight is 232 g/mol. The molecule has 1 aromatic heterocycles. The lowest BCUT2D eigenvalue weighted by Crippen LogP contribution is -1.98. The first kappa shape index (κ1) is 11.8. The van der Waals surface area contributed by atoms with Crippen LogP contribution in [-0.2, 0) is 0 Å². The maximum absolute atomic E-state index is 13.8. The van der Waals surface area contributed by atoms with Crippen molar-refractivity contribution in [2.75, 3.05) is 0 Å². The summed E-state index contributed by atoms with van der Waals surface area (Å²) in [6.45, 7) is 8.05. The zero-order valence-corrected chi connectivity index (χ0v) is 10.7. The minimum atomic E-state index is -0.234. The third kappa shape index (κ3) is 2.23. The van der Waals surface area contributed by atoms with E-state index in [1.165, 1.54) is 6.07 Å². The maximum atomic E-state index is 13.8. The van der Waals surface area contributed by atoms with Gasteiger partial charge in [-0.15, -0.1) is 0 Å². The molecule has 2 rings (SSSR count). The fourth-order valence-corrected chi connectivity index (χ4v) is 1.96. The summed E-state index contributed by atoms with van der Waals surface area (Å²) in [4.78, 5) is 0. The normalized spacial score (nSPS) is 11.2. The van der Waals surface area contributed by atoms with Crippen LogP contribution < -0.4 is 0 Å². The van der Waals surface area contributed by atoms with Crippen LogP contribution in [0.5, 0.6) is 0 Å². The fourth-order valence-electron chi connectivity index (χ4n) is 1.96. The summed E-state index contributed by atoms with van der Waals surface area (Å²) in [5, 5.41) is 4.37. The van der Waals surface area contributed by atoms with Crippen molar-refractivity contribution in [3.8, 4) is 5.69 Å². The quantitative estimate of drug-likeness (QED) is 0.771. The molecule has 0 atom stereocenters. The highest BCUT2D eigenvalue weighted by Crippen LogP contribution is 2.21. The van der Waals surface area contributed by atoms with Crippen LogP contribution in [0.15, 0.2) is 24.4 Å². The first-order valence-corrected chi connectivity index (χ1v) is 5.81. The zero-order valence-electron chi connectivity index (χ0n) is 10.7. The SMILES string of the molecule is Cc1ccc(-n2cc(C(C)C)c(C)n2)c(F)c1. The molecule has 90 valence electrons. The molecule has 2 nitrogen and oxygen atoms in total. The number of benzene rings is 1. The number of rotatable bonds is 2. The second kappa shape index (κ2) is 4.32. The Morgan fingerprint density at radius 2 is 1.94 bits per heavy atom. The van der Waals surface area contributed by atoms with Crippen molar-refractivity contribution in [2.45, 2.75) is 33.6 Å². The van der Waals surface area contributed by atoms with Crippen molar-refractivity contribution in [1.82, 2.24) is 9.78 Å². The van der Waals surface area contributed by atoms with E-state index in [0.717, 1.165) is 16.8 Å². The molecule has 0 amide bonds. The van der Waals surface area contributed by atoms with E-state index in [9.17, 15) is 4.39 Å². The molecule has 1 heterocycles. The van der Waals surface area contributed by atoms with E-state index in [1.54, 1.807) is 10.7 Å². The van der Waals surface area contributed by atoms with Crippen molar-refractivity contribution >= 4 is 0 Å². The van der Waals surface area contributed by atoms with E-state index in [-0.39, 0.29) is 5.82 Å². The Balaban J connectivity index is 2.50. The van der Waals surface area contributed by atoms with Gasteiger partial charge in [-0.1, -0.05) is 19.9 Å². The minimum Gasteiger partial charge on any atom is -0.237 e. The lowest BCUT2D eigenvalue weighted by atomic mass is 10.1. The predicted octanol–water partition coefficient (Wildman–Crippen LogP) is 3.75. The van der Waals surface area contributed by atoms with Crippen molar-refractivity contribution < 1.29 is 4.39 Å². The Labute approximate surface area is 101 Å². The summed E-state index contributed by atoms with van der Waals surface area (Å²) >= 11 is 0. The predicted molar refractivity (Wildman–Crippen MR) is 67.1 cm³/mol. The van der Waals surface area contributed by atoms with Crippen LogP contribution in [-0.4, -0.2) is 9.78 Å². The van der Waals surface area contributed by atoms with Crippen LogP contribution in [0.2, 0.25) is 0 Å². The van der Waals surface area contributed by atoms with Gasteiger partial charge in [0.05, 0.1) is 5.69 Å². The lowest BCUT2D eigenvalue weighted by Gasteiger charge is -2.04.